The highest BCUT2D eigenvalue weighted by Gasteiger charge is 2.29. The molecule has 1 heterocycles. The van der Waals surface area contributed by atoms with Crippen molar-refractivity contribution in [1.82, 2.24) is 4.90 Å². The summed E-state index contributed by atoms with van der Waals surface area (Å²) in [6.45, 7) is 0.727. The monoisotopic (exact) mass is 193 g/mol. The minimum Gasteiger partial charge on any atom is -0.418 e. The second kappa shape index (κ2) is 3.67. The van der Waals surface area contributed by atoms with E-state index in [9.17, 15) is 4.79 Å². The maximum Gasteiger partial charge on any atom is 0.412 e. The number of nitrogens with zero attached hydrogens (tertiary/aromatic N) is 1. The number of carbonyl (C=O) groups is 1. The average molecular weight is 193 g/mol. The van der Waals surface area contributed by atoms with Crippen LogP contribution in [0.15, 0.2) is 30.3 Å². The Morgan fingerprint density at radius 2 is 2.14 bits per heavy atom. The van der Waals surface area contributed by atoms with Crippen molar-refractivity contribution in [2.75, 3.05) is 6.54 Å². The number of benzene rings is 1. The molecule has 2 rings (SSSR count). The molecule has 74 valence electrons. The molecular formula is C10H11NO3. The van der Waals surface area contributed by atoms with Crippen LogP contribution in [-0.2, 0) is 11.3 Å². The predicted octanol–water partition coefficient (Wildman–Crippen LogP) is 0.957. The van der Waals surface area contributed by atoms with E-state index in [1.807, 2.05) is 30.3 Å². The zero-order chi connectivity index (χ0) is 9.97. The van der Waals surface area contributed by atoms with Crippen molar-refractivity contribution < 1.29 is 14.6 Å². The third kappa shape index (κ3) is 1.85. The van der Waals surface area contributed by atoms with E-state index >= 15 is 0 Å². The molecule has 1 atom stereocenters. The number of hydrogen-bond donors (Lipinski definition) is 1. The second-order valence-electron chi connectivity index (χ2n) is 3.20. The summed E-state index contributed by atoms with van der Waals surface area (Å²) in [7, 11) is 0. The van der Waals surface area contributed by atoms with Crippen molar-refractivity contribution in [2.45, 2.75) is 12.8 Å². The second-order valence-corrected chi connectivity index (χ2v) is 3.20. The molecule has 1 unspecified atom stereocenters. The average Bonchev–Trinajstić information content (AvgIpc) is 2.47. The first-order chi connectivity index (χ1) is 6.75. The number of amides is 1. The molecule has 1 saturated heterocycles. The standard InChI is InChI=1S/C10H11NO3/c12-9-7-11(10(13)14-9)6-8-4-2-1-3-5-8/h1-5,9,12H,6-7H2. The number of hydrogen-bond acceptors (Lipinski definition) is 3. The fourth-order valence-corrected chi connectivity index (χ4v) is 1.42. The summed E-state index contributed by atoms with van der Waals surface area (Å²) in [5.74, 6) is 0. The van der Waals surface area contributed by atoms with Crippen molar-refractivity contribution in [3.05, 3.63) is 35.9 Å². The Kier molecular flexibility index (Phi) is 2.37. The van der Waals surface area contributed by atoms with Crippen LogP contribution in [0.1, 0.15) is 5.56 Å². The fourth-order valence-electron chi connectivity index (χ4n) is 1.42. The van der Waals surface area contributed by atoms with Gasteiger partial charge >= 0.3 is 6.09 Å². The zero-order valence-corrected chi connectivity index (χ0v) is 7.59. The number of carbonyl (C=O) groups excluding carboxylic acids is 1. The van der Waals surface area contributed by atoms with E-state index < -0.39 is 12.4 Å². The number of cyclic esters (lactones) is 1. The Balaban J connectivity index is 2.02. The van der Waals surface area contributed by atoms with E-state index in [1.54, 1.807) is 0 Å². The molecule has 1 aromatic rings. The van der Waals surface area contributed by atoms with Crippen LogP contribution < -0.4 is 0 Å². The summed E-state index contributed by atoms with van der Waals surface area (Å²) in [5, 5.41) is 9.06. The molecule has 4 heteroatoms. The van der Waals surface area contributed by atoms with E-state index in [4.69, 9.17) is 5.11 Å². The van der Waals surface area contributed by atoms with Gasteiger partial charge in [0, 0.05) is 6.54 Å². The molecule has 0 saturated carbocycles. The van der Waals surface area contributed by atoms with Crippen LogP contribution in [0.4, 0.5) is 4.79 Å². The molecule has 0 radical (unpaired) electrons. The highest BCUT2D eigenvalue weighted by atomic mass is 16.7. The summed E-state index contributed by atoms with van der Waals surface area (Å²) >= 11 is 0. The molecule has 0 aromatic heterocycles. The van der Waals surface area contributed by atoms with Crippen LogP contribution >= 0.6 is 0 Å². The van der Waals surface area contributed by atoms with Gasteiger partial charge in [0.15, 0.2) is 0 Å². The predicted molar refractivity (Wildman–Crippen MR) is 49.3 cm³/mol. The van der Waals surface area contributed by atoms with Crippen LogP contribution in [0.3, 0.4) is 0 Å². The molecule has 1 amide bonds. The number of β-amino-alcohol motifs (C(OH)–C–C–N with tert-alkyl or cyclic N) is 1. The quantitative estimate of drug-likeness (QED) is 0.761. The number of rotatable bonds is 2. The maximum atomic E-state index is 11.1. The Labute approximate surface area is 81.7 Å². The van der Waals surface area contributed by atoms with Crippen LogP contribution in [0, 0.1) is 0 Å². The van der Waals surface area contributed by atoms with Gasteiger partial charge in [0.1, 0.15) is 0 Å². The Morgan fingerprint density at radius 1 is 1.43 bits per heavy atom. The highest BCUT2D eigenvalue weighted by Crippen LogP contribution is 2.12. The van der Waals surface area contributed by atoms with Crippen molar-refractivity contribution >= 4 is 6.09 Å². The first-order valence-corrected chi connectivity index (χ1v) is 4.43. The smallest absolute Gasteiger partial charge is 0.412 e. The number of ether oxygens (including phenoxy) is 1. The first-order valence-electron chi connectivity index (χ1n) is 4.43. The minimum atomic E-state index is -0.980. The van der Waals surface area contributed by atoms with Gasteiger partial charge in [0.2, 0.25) is 6.29 Å². The molecule has 0 spiro atoms. The topological polar surface area (TPSA) is 49.8 Å². The Hall–Kier alpha value is -1.55. The van der Waals surface area contributed by atoms with Gasteiger partial charge < -0.3 is 9.84 Å². The van der Waals surface area contributed by atoms with Gasteiger partial charge in [-0.15, -0.1) is 0 Å². The van der Waals surface area contributed by atoms with Crippen LogP contribution in [0.2, 0.25) is 0 Å². The van der Waals surface area contributed by atoms with E-state index in [0.717, 1.165) is 5.56 Å². The number of aliphatic hydroxyl groups is 1. The van der Waals surface area contributed by atoms with Crippen molar-refractivity contribution in [3.63, 3.8) is 0 Å². The van der Waals surface area contributed by atoms with Gasteiger partial charge in [0.25, 0.3) is 0 Å². The Bertz CT molecular complexity index is 325. The molecule has 14 heavy (non-hydrogen) atoms. The van der Waals surface area contributed by atoms with Gasteiger partial charge in [0.05, 0.1) is 6.54 Å². The largest absolute Gasteiger partial charge is 0.418 e. The Morgan fingerprint density at radius 3 is 2.71 bits per heavy atom. The third-order valence-corrected chi connectivity index (χ3v) is 2.09. The first kappa shape index (κ1) is 9.02. The molecule has 0 aliphatic carbocycles. The summed E-state index contributed by atoms with van der Waals surface area (Å²) in [6, 6.07) is 9.59. The molecule has 1 fully saturated rings. The summed E-state index contributed by atoms with van der Waals surface area (Å²) < 4.78 is 4.59. The molecule has 0 bridgehead atoms. The third-order valence-electron chi connectivity index (χ3n) is 2.09. The van der Waals surface area contributed by atoms with Crippen LogP contribution in [0.5, 0.6) is 0 Å². The highest BCUT2D eigenvalue weighted by molar-refractivity contribution is 5.69. The zero-order valence-electron chi connectivity index (χ0n) is 7.59. The summed E-state index contributed by atoms with van der Waals surface area (Å²) in [5.41, 5.74) is 1.03. The van der Waals surface area contributed by atoms with Gasteiger partial charge in [-0.25, -0.2) is 4.79 Å². The van der Waals surface area contributed by atoms with Crippen molar-refractivity contribution in [1.29, 1.82) is 0 Å². The molecule has 1 N–H and O–H groups in total. The maximum absolute atomic E-state index is 11.1. The van der Waals surface area contributed by atoms with Gasteiger partial charge in [-0.1, -0.05) is 30.3 Å². The fraction of sp³-hybridized carbons (Fsp3) is 0.300. The van der Waals surface area contributed by atoms with E-state index in [0.29, 0.717) is 6.54 Å². The molecule has 4 nitrogen and oxygen atoms in total. The lowest BCUT2D eigenvalue weighted by Gasteiger charge is -2.11. The summed E-state index contributed by atoms with van der Waals surface area (Å²) in [4.78, 5) is 12.6. The van der Waals surface area contributed by atoms with E-state index in [-0.39, 0.29) is 6.54 Å². The molecule has 1 aliphatic heterocycles. The lowest BCUT2D eigenvalue weighted by molar-refractivity contribution is -0.0152. The van der Waals surface area contributed by atoms with E-state index in [2.05, 4.69) is 4.74 Å². The molecular weight excluding hydrogens is 182 g/mol. The molecule has 1 aromatic carbocycles. The van der Waals surface area contributed by atoms with Gasteiger partial charge in [-0.2, -0.15) is 0 Å². The van der Waals surface area contributed by atoms with Gasteiger partial charge in [-0.3, -0.25) is 4.90 Å². The number of aliphatic hydroxyl groups excluding tert-OH is 1. The summed E-state index contributed by atoms with van der Waals surface area (Å²) in [6.07, 6.45) is -1.44. The van der Waals surface area contributed by atoms with Crippen molar-refractivity contribution in [3.8, 4) is 0 Å². The van der Waals surface area contributed by atoms with Crippen LogP contribution in [-0.4, -0.2) is 28.9 Å². The SMILES string of the molecule is O=C1OC(O)CN1Cc1ccccc1. The van der Waals surface area contributed by atoms with Crippen LogP contribution in [0.25, 0.3) is 0 Å². The lowest BCUT2D eigenvalue weighted by Crippen LogP contribution is -2.24. The van der Waals surface area contributed by atoms with Crippen molar-refractivity contribution in [2.24, 2.45) is 0 Å². The normalized spacial score (nSPS) is 21.1. The lowest BCUT2D eigenvalue weighted by atomic mass is 10.2. The van der Waals surface area contributed by atoms with Gasteiger partial charge in [-0.05, 0) is 5.56 Å². The van der Waals surface area contributed by atoms with E-state index in [1.165, 1.54) is 4.90 Å². The minimum absolute atomic E-state index is 0.244. The molecule has 1 aliphatic rings.